The van der Waals surface area contributed by atoms with Crippen molar-refractivity contribution in [2.45, 2.75) is 12.8 Å². The number of benzene rings is 5. The first-order valence-corrected chi connectivity index (χ1v) is 13.8. The minimum absolute atomic E-state index is 1.02. The van der Waals surface area contributed by atoms with Crippen LogP contribution >= 0.6 is 0 Å². The predicted molar refractivity (Wildman–Crippen MR) is 141 cm³/mol. The van der Waals surface area contributed by atoms with Crippen molar-refractivity contribution in [3.63, 3.8) is 0 Å². The van der Waals surface area contributed by atoms with Crippen molar-refractivity contribution >= 4 is 28.8 Å². The summed E-state index contributed by atoms with van der Waals surface area (Å²) in [6, 6.07) is 45.7. The van der Waals surface area contributed by atoms with Crippen LogP contribution in [0.3, 0.4) is 0 Å². The van der Waals surface area contributed by atoms with E-state index in [-0.39, 0.29) is 0 Å². The van der Waals surface area contributed by atoms with Crippen LogP contribution < -0.4 is 20.7 Å². The zero-order chi connectivity index (χ0) is 21.8. The van der Waals surface area contributed by atoms with Crippen LogP contribution in [0.4, 0.5) is 0 Å². The van der Waals surface area contributed by atoms with E-state index in [0.717, 1.165) is 12.8 Å². The van der Waals surface area contributed by atoms with Crippen LogP contribution in [0.15, 0.2) is 121 Å². The maximum absolute atomic E-state index is 2.48. The third-order valence-corrected chi connectivity index (χ3v) is 12.7. The Morgan fingerprint density at radius 2 is 0.970 bits per heavy atom. The van der Waals surface area contributed by atoms with E-state index < -0.39 is 8.07 Å². The molecule has 33 heavy (non-hydrogen) atoms. The summed E-state index contributed by atoms with van der Waals surface area (Å²) in [6.07, 6.45) is 2.07. The van der Waals surface area contributed by atoms with E-state index >= 15 is 0 Å². The lowest BCUT2D eigenvalue weighted by Gasteiger charge is -2.41. The highest BCUT2D eigenvalue weighted by atomic mass is 28.3. The van der Waals surface area contributed by atoms with E-state index in [4.69, 9.17) is 0 Å². The van der Waals surface area contributed by atoms with Gasteiger partial charge in [-0.1, -0.05) is 121 Å². The Balaban J connectivity index is 1.62. The van der Waals surface area contributed by atoms with Crippen molar-refractivity contribution < 1.29 is 0 Å². The van der Waals surface area contributed by atoms with Gasteiger partial charge in [-0.3, -0.25) is 0 Å². The minimum Gasteiger partial charge on any atom is -0.0623 e. The number of rotatable bonds is 2. The van der Waals surface area contributed by atoms with E-state index in [2.05, 4.69) is 121 Å². The Morgan fingerprint density at radius 3 is 1.70 bits per heavy atom. The van der Waals surface area contributed by atoms with E-state index in [1.54, 1.807) is 21.5 Å². The van der Waals surface area contributed by atoms with Crippen LogP contribution in [0.5, 0.6) is 0 Å². The summed E-state index contributed by atoms with van der Waals surface area (Å²) < 4.78 is 0. The lowest BCUT2D eigenvalue weighted by molar-refractivity contribution is 1.13. The lowest BCUT2D eigenvalue weighted by Crippen LogP contribution is -2.77. The third-order valence-electron chi connectivity index (χ3n) is 7.71. The molecule has 0 radical (unpaired) electrons. The molecule has 0 nitrogen and oxygen atoms in total. The van der Waals surface area contributed by atoms with Gasteiger partial charge in [0.15, 0.2) is 8.07 Å². The number of fused-ring (bicyclic) bond motifs is 6. The highest BCUT2D eigenvalue weighted by Crippen LogP contribution is 2.39. The lowest BCUT2D eigenvalue weighted by atomic mass is 9.95. The van der Waals surface area contributed by atoms with Crippen LogP contribution in [0.2, 0.25) is 0 Å². The maximum Gasteiger partial charge on any atom is 0.180 e. The van der Waals surface area contributed by atoms with Crippen LogP contribution in [-0.2, 0) is 12.8 Å². The summed E-state index contributed by atoms with van der Waals surface area (Å²) in [5.41, 5.74) is 8.93. The van der Waals surface area contributed by atoms with Crippen LogP contribution in [0.1, 0.15) is 22.3 Å². The second-order valence-corrected chi connectivity index (χ2v) is 13.0. The molecular weight excluding hydrogens is 412 g/mol. The van der Waals surface area contributed by atoms with Crippen LogP contribution in [-0.4, -0.2) is 8.07 Å². The van der Waals surface area contributed by atoms with Crippen LogP contribution in [0.25, 0.3) is 11.1 Å². The fraction of sp³-hybridized carbons (Fsp3) is 0.0625. The normalized spacial score (nSPS) is 14.7. The fourth-order valence-corrected chi connectivity index (χ4v) is 11.6. The fourth-order valence-electron chi connectivity index (χ4n) is 6.37. The zero-order valence-electron chi connectivity index (χ0n) is 18.5. The number of hydrogen-bond acceptors (Lipinski definition) is 0. The summed E-state index contributed by atoms with van der Waals surface area (Å²) in [7, 11) is -2.42. The molecule has 5 aromatic rings. The molecule has 1 aliphatic carbocycles. The van der Waals surface area contributed by atoms with Crippen LogP contribution in [0, 0.1) is 0 Å². The molecule has 0 N–H and O–H groups in total. The quantitative estimate of drug-likeness (QED) is 0.349. The largest absolute Gasteiger partial charge is 0.180 e. The van der Waals surface area contributed by atoms with Crippen molar-refractivity contribution in [3.05, 3.63) is 144 Å². The molecular formula is C32H24Si. The smallest absolute Gasteiger partial charge is 0.0623 e. The summed E-state index contributed by atoms with van der Waals surface area (Å²) in [5.74, 6) is 0. The van der Waals surface area contributed by atoms with Crippen molar-refractivity contribution in [3.8, 4) is 11.1 Å². The minimum atomic E-state index is -2.42. The predicted octanol–water partition coefficient (Wildman–Crippen LogP) is 4.54. The molecule has 0 amide bonds. The standard InChI is InChI=1S/C32H24Si/c1-3-13-25(14-4-1)33(26-15-5-2-6-16-26)31-18-10-8-12-24(31)22-30-29-21-23-11-7-9-17-27(23)28(29)19-20-32(30)33/h1-20H,21-22H2. The van der Waals surface area contributed by atoms with Gasteiger partial charge < -0.3 is 0 Å². The molecule has 1 heteroatoms. The van der Waals surface area contributed by atoms with Crippen molar-refractivity contribution in [1.29, 1.82) is 0 Å². The summed E-state index contributed by atoms with van der Waals surface area (Å²) in [6.45, 7) is 0. The third kappa shape index (κ3) is 2.57. The first-order valence-electron chi connectivity index (χ1n) is 11.8. The molecule has 7 rings (SSSR count). The Labute approximate surface area is 196 Å². The topological polar surface area (TPSA) is 0 Å². The average molecular weight is 437 g/mol. The Morgan fingerprint density at radius 1 is 0.394 bits per heavy atom. The molecule has 0 fully saturated rings. The first-order chi connectivity index (χ1) is 16.4. The van der Waals surface area contributed by atoms with Gasteiger partial charge in [-0.2, -0.15) is 0 Å². The Bertz CT molecular complexity index is 1460. The Kier molecular flexibility index (Phi) is 4.09. The summed E-state index contributed by atoms with van der Waals surface area (Å²) in [5, 5.41) is 6.07. The monoisotopic (exact) mass is 436 g/mol. The van der Waals surface area contributed by atoms with Gasteiger partial charge in [-0.25, -0.2) is 0 Å². The second kappa shape index (κ2) is 7.16. The van der Waals surface area contributed by atoms with Gasteiger partial charge in [0.1, 0.15) is 0 Å². The molecule has 1 heterocycles. The molecule has 0 spiro atoms. The van der Waals surface area contributed by atoms with Crippen molar-refractivity contribution in [2.24, 2.45) is 0 Å². The molecule has 0 saturated carbocycles. The van der Waals surface area contributed by atoms with Gasteiger partial charge in [-0.15, -0.1) is 0 Å². The summed E-state index contributed by atoms with van der Waals surface area (Å²) >= 11 is 0. The molecule has 0 unspecified atom stereocenters. The van der Waals surface area contributed by atoms with E-state index in [1.165, 1.54) is 32.6 Å². The molecule has 5 aromatic carbocycles. The number of hydrogen-bond donors (Lipinski definition) is 0. The summed E-state index contributed by atoms with van der Waals surface area (Å²) in [4.78, 5) is 0. The molecule has 2 aliphatic rings. The Hall–Kier alpha value is -3.68. The van der Waals surface area contributed by atoms with Gasteiger partial charge in [0, 0.05) is 0 Å². The molecule has 1 aliphatic heterocycles. The molecule has 0 atom stereocenters. The van der Waals surface area contributed by atoms with Crippen molar-refractivity contribution in [2.75, 3.05) is 0 Å². The van der Waals surface area contributed by atoms with Gasteiger partial charge in [-0.05, 0) is 67.0 Å². The second-order valence-electron chi connectivity index (χ2n) is 9.27. The van der Waals surface area contributed by atoms with Gasteiger partial charge in [0.25, 0.3) is 0 Å². The first kappa shape index (κ1) is 18.8. The molecule has 0 bridgehead atoms. The SMILES string of the molecule is c1ccc([Si]2(c3ccccc3)c3ccccc3Cc3c2ccc2c3Cc3ccccc3-2)cc1. The van der Waals surface area contributed by atoms with Crippen molar-refractivity contribution in [1.82, 2.24) is 0 Å². The maximum atomic E-state index is 2.48. The molecule has 0 saturated heterocycles. The van der Waals surface area contributed by atoms with Gasteiger partial charge >= 0.3 is 0 Å². The van der Waals surface area contributed by atoms with Gasteiger partial charge in [0.05, 0.1) is 0 Å². The average Bonchev–Trinajstić information content (AvgIpc) is 3.28. The molecule has 0 aromatic heterocycles. The van der Waals surface area contributed by atoms with E-state index in [9.17, 15) is 0 Å². The van der Waals surface area contributed by atoms with Gasteiger partial charge in [0.2, 0.25) is 0 Å². The zero-order valence-corrected chi connectivity index (χ0v) is 19.5. The van der Waals surface area contributed by atoms with E-state index in [1.807, 2.05) is 0 Å². The highest BCUT2D eigenvalue weighted by molar-refractivity contribution is 7.20. The highest BCUT2D eigenvalue weighted by Gasteiger charge is 2.47. The molecule has 156 valence electrons. The van der Waals surface area contributed by atoms with E-state index in [0.29, 0.717) is 0 Å².